The van der Waals surface area contributed by atoms with Crippen LogP contribution in [0.1, 0.15) is 15.9 Å². The van der Waals surface area contributed by atoms with E-state index in [0.717, 1.165) is 33.0 Å². The Morgan fingerprint density at radius 1 is 0.833 bits per heavy atom. The van der Waals surface area contributed by atoms with Crippen LogP contribution in [0.25, 0.3) is 21.9 Å². The minimum absolute atomic E-state index is 0.105. The number of carbonyl (C=O) groups excluding carboxylic acids is 1. The van der Waals surface area contributed by atoms with Crippen molar-refractivity contribution in [3.05, 3.63) is 66.0 Å². The van der Waals surface area contributed by atoms with Crippen LogP contribution >= 0.6 is 0 Å². The Morgan fingerprint density at radius 3 is 2.67 bits per heavy atom. The molecule has 1 aliphatic rings. The van der Waals surface area contributed by atoms with E-state index in [0.29, 0.717) is 0 Å². The van der Waals surface area contributed by atoms with E-state index in [9.17, 15) is 4.79 Å². The molecule has 0 saturated carbocycles. The zero-order valence-corrected chi connectivity index (χ0v) is 9.55. The summed E-state index contributed by atoms with van der Waals surface area (Å²) in [7, 11) is 0. The van der Waals surface area contributed by atoms with Crippen molar-refractivity contribution in [3.63, 3.8) is 0 Å². The fourth-order valence-electron chi connectivity index (χ4n) is 2.69. The number of rotatable bonds is 0. The van der Waals surface area contributed by atoms with Crippen LogP contribution in [-0.4, -0.2) is 10.8 Å². The van der Waals surface area contributed by atoms with Crippen LogP contribution in [-0.2, 0) is 0 Å². The second-order valence-electron chi connectivity index (χ2n) is 4.46. The first-order valence-corrected chi connectivity index (χ1v) is 5.87. The number of fused-ring (bicyclic) bond motifs is 5. The van der Waals surface area contributed by atoms with Gasteiger partial charge in [-0.15, -0.1) is 0 Å². The molecular formula is C16H9NO. The summed E-state index contributed by atoms with van der Waals surface area (Å²) in [5, 5.41) is 2.27. The summed E-state index contributed by atoms with van der Waals surface area (Å²) in [6.07, 6.45) is 3.45. The van der Waals surface area contributed by atoms with Gasteiger partial charge >= 0.3 is 0 Å². The quantitative estimate of drug-likeness (QED) is 0.464. The van der Waals surface area contributed by atoms with Gasteiger partial charge in [0.1, 0.15) is 0 Å². The molecule has 1 heterocycles. The first kappa shape index (κ1) is 9.54. The van der Waals surface area contributed by atoms with Crippen molar-refractivity contribution >= 4 is 16.6 Å². The molecule has 84 valence electrons. The molecular weight excluding hydrogens is 222 g/mol. The Hall–Kier alpha value is -2.48. The van der Waals surface area contributed by atoms with E-state index in [1.165, 1.54) is 0 Å². The van der Waals surface area contributed by atoms with E-state index in [1.54, 1.807) is 18.5 Å². The van der Waals surface area contributed by atoms with E-state index >= 15 is 0 Å². The average molecular weight is 231 g/mol. The van der Waals surface area contributed by atoms with E-state index in [1.807, 2.05) is 24.3 Å². The molecule has 0 atom stereocenters. The monoisotopic (exact) mass is 231 g/mol. The largest absolute Gasteiger partial charge is 0.289 e. The summed E-state index contributed by atoms with van der Waals surface area (Å²) >= 11 is 0. The Bertz CT molecular complexity index is 805. The lowest BCUT2D eigenvalue weighted by Gasteiger charge is -2.04. The standard InChI is InChI=1S/C16H9NO/c18-16-12-7-8-17-9-14(12)15-11-4-2-1-3-10(11)5-6-13(15)16/h1-9H. The van der Waals surface area contributed by atoms with Crippen LogP contribution in [0, 0.1) is 0 Å². The number of nitrogens with zero attached hydrogens (tertiary/aromatic N) is 1. The van der Waals surface area contributed by atoms with Crippen molar-refractivity contribution in [2.75, 3.05) is 0 Å². The molecule has 3 aromatic rings. The highest BCUT2D eigenvalue weighted by Gasteiger charge is 2.27. The van der Waals surface area contributed by atoms with Crippen molar-refractivity contribution in [2.24, 2.45) is 0 Å². The first-order chi connectivity index (χ1) is 8.86. The van der Waals surface area contributed by atoms with Gasteiger partial charge in [-0.3, -0.25) is 9.78 Å². The Kier molecular flexibility index (Phi) is 1.73. The minimum atomic E-state index is 0.105. The van der Waals surface area contributed by atoms with Gasteiger partial charge < -0.3 is 0 Å². The predicted octanol–water partition coefficient (Wildman–Crippen LogP) is 3.45. The molecule has 0 radical (unpaired) electrons. The van der Waals surface area contributed by atoms with Gasteiger partial charge in [0.2, 0.25) is 0 Å². The van der Waals surface area contributed by atoms with Gasteiger partial charge in [-0.2, -0.15) is 0 Å². The maximum absolute atomic E-state index is 12.3. The maximum Gasteiger partial charge on any atom is 0.194 e. The third-order valence-corrected chi connectivity index (χ3v) is 3.51. The van der Waals surface area contributed by atoms with Gasteiger partial charge in [0, 0.05) is 34.6 Å². The zero-order chi connectivity index (χ0) is 12.1. The molecule has 2 nitrogen and oxygen atoms in total. The molecule has 0 aliphatic heterocycles. The summed E-state index contributed by atoms with van der Waals surface area (Å²) < 4.78 is 0. The van der Waals surface area contributed by atoms with E-state index < -0.39 is 0 Å². The summed E-state index contributed by atoms with van der Waals surface area (Å²) in [6.45, 7) is 0. The van der Waals surface area contributed by atoms with Crippen LogP contribution in [0.4, 0.5) is 0 Å². The maximum atomic E-state index is 12.3. The second-order valence-corrected chi connectivity index (χ2v) is 4.46. The van der Waals surface area contributed by atoms with Crippen LogP contribution in [0.15, 0.2) is 54.9 Å². The molecule has 0 N–H and O–H groups in total. The van der Waals surface area contributed by atoms with Crippen molar-refractivity contribution in [1.82, 2.24) is 4.98 Å². The van der Waals surface area contributed by atoms with Crippen molar-refractivity contribution in [3.8, 4) is 11.1 Å². The first-order valence-electron chi connectivity index (χ1n) is 5.87. The average Bonchev–Trinajstić information content (AvgIpc) is 2.73. The SMILES string of the molecule is O=C1c2ccncc2-c2c1ccc1ccccc21. The van der Waals surface area contributed by atoms with Gasteiger partial charge in [0.05, 0.1) is 0 Å². The molecule has 18 heavy (non-hydrogen) atoms. The minimum Gasteiger partial charge on any atom is -0.289 e. The summed E-state index contributed by atoms with van der Waals surface area (Å²) in [5.74, 6) is 0.105. The molecule has 0 unspecified atom stereocenters. The van der Waals surface area contributed by atoms with Gasteiger partial charge in [-0.05, 0) is 22.9 Å². The lowest BCUT2D eigenvalue weighted by atomic mass is 9.99. The Balaban J connectivity index is 2.23. The molecule has 0 bridgehead atoms. The van der Waals surface area contributed by atoms with Crippen molar-refractivity contribution in [1.29, 1.82) is 0 Å². The van der Waals surface area contributed by atoms with E-state index in [4.69, 9.17) is 0 Å². The van der Waals surface area contributed by atoms with Gasteiger partial charge in [-0.25, -0.2) is 0 Å². The highest BCUT2D eigenvalue weighted by Crippen LogP contribution is 2.40. The Morgan fingerprint density at radius 2 is 1.72 bits per heavy atom. The molecule has 0 amide bonds. The van der Waals surface area contributed by atoms with Crippen LogP contribution < -0.4 is 0 Å². The lowest BCUT2D eigenvalue weighted by molar-refractivity contribution is 0.104. The number of carbonyl (C=O) groups is 1. The number of pyridine rings is 1. The van der Waals surface area contributed by atoms with E-state index in [2.05, 4.69) is 17.1 Å². The third kappa shape index (κ3) is 1.07. The molecule has 0 saturated heterocycles. The van der Waals surface area contributed by atoms with Crippen molar-refractivity contribution in [2.45, 2.75) is 0 Å². The molecule has 4 rings (SSSR count). The zero-order valence-electron chi connectivity index (χ0n) is 9.55. The topological polar surface area (TPSA) is 30.0 Å². The van der Waals surface area contributed by atoms with Gasteiger partial charge in [0.25, 0.3) is 0 Å². The number of hydrogen-bond acceptors (Lipinski definition) is 2. The normalized spacial score (nSPS) is 12.6. The predicted molar refractivity (Wildman–Crippen MR) is 70.6 cm³/mol. The number of aromatic nitrogens is 1. The third-order valence-electron chi connectivity index (χ3n) is 3.51. The Labute approximate surface area is 104 Å². The smallest absolute Gasteiger partial charge is 0.194 e. The fraction of sp³-hybridized carbons (Fsp3) is 0. The van der Waals surface area contributed by atoms with Gasteiger partial charge in [-0.1, -0.05) is 30.3 Å². The molecule has 2 heteroatoms. The summed E-state index contributed by atoms with van der Waals surface area (Å²) in [6, 6.07) is 13.9. The fourth-order valence-corrected chi connectivity index (χ4v) is 2.69. The number of hydrogen-bond donors (Lipinski definition) is 0. The highest BCUT2D eigenvalue weighted by atomic mass is 16.1. The molecule has 2 aromatic carbocycles. The summed E-state index contributed by atoms with van der Waals surface area (Å²) in [4.78, 5) is 16.4. The number of ketones is 1. The summed E-state index contributed by atoms with van der Waals surface area (Å²) in [5.41, 5.74) is 3.53. The van der Waals surface area contributed by atoms with E-state index in [-0.39, 0.29) is 5.78 Å². The molecule has 0 spiro atoms. The van der Waals surface area contributed by atoms with Crippen LogP contribution in [0.5, 0.6) is 0 Å². The second kappa shape index (κ2) is 3.26. The highest BCUT2D eigenvalue weighted by molar-refractivity contribution is 6.25. The van der Waals surface area contributed by atoms with Gasteiger partial charge in [0.15, 0.2) is 5.78 Å². The lowest BCUT2D eigenvalue weighted by Crippen LogP contribution is -1.94. The molecule has 0 fully saturated rings. The molecule has 1 aromatic heterocycles. The van der Waals surface area contributed by atoms with Crippen molar-refractivity contribution < 1.29 is 4.79 Å². The van der Waals surface area contributed by atoms with Crippen LogP contribution in [0.3, 0.4) is 0 Å². The molecule has 1 aliphatic carbocycles. The number of benzene rings is 2. The van der Waals surface area contributed by atoms with Crippen LogP contribution in [0.2, 0.25) is 0 Å².